The fourth-order valence-electron chi connectivity index (χ4n) is 2.80. The Morgan fingerprint density at radius 1 is 1.10 bits per heavy atom. The Morgan fingerprint density at radius 3 is 2.57 bits per heavy atom. The summed E-state index contributed by atoms with van der Waals surface area (Å²) >= 11 is 0. The lowest BCUT2D eigenvalue weighted by atomic mass is 10.1. The molecule has 1 aromatic heterocycles. The van der Waals surface area contributed by atoms with Crippen molar-refractivity contribution in [1.82, 2.24) is 4.57 Å². The van der Waals surface area contributed by atoms with Crippen molar-refractivity contribution in [2.45, 2.75) is 13.5 Å². The van der Waals surface area contributed by atoms with Gasteiger partial charge in [0, 0.05) is 23.6 Å². The molecule has 0 saturated carbocycles. The highest BCUT2D eigenvalue weighted by Gasteiger charge is 2.11. The molecule has 0 aliphatic heterocycles. The van der Waals surface area contributed by atoms with Crippen molar-refractivity contribution < 1.29 is 0 Å². The summed E-state index contributed by atoms with van der Waals surface area (Å²) in [6, 6.07) is 18.2. The number of nitrogens with zero attached hydrogens (tertiary/aromatic N) is 2. The first-order chi connectivity index (χ1) is 10.2. The van der Waals surface area contributed by atoms with E-state index >= 15 is 0 Å². The number of rotatable bonds is 3. The first kappa shape index (κ1) is 13.3. The molecule has 0 amide bonds. The van der Waals surface area contributed by atoms with Crippen LogP contribution in [0.1, 0.15) is 16.8 Å². The van der Waals surface area contributed by atoms with E-state index in [1.165, 1.54) is 22.2 Å². The molecule has 0 spiro atoms. The van der Waals surface area contributed by atoms with E-state index < -0.39 is 0 Å². The predicted octanol–water partition coefficient (Wildman–Crippen LogP) is 3.97. The Kier molecular flexibility index (Phi) is 3.37. The highest BCUT2D eigenvalue weighted by molar-refractivity contribution is 5.85. The highest BCUT2D eigenvalue weighted by atomic mass is 15.0. The zero-order chi connectivity index (χ0) is 14.8. The van der Waals surface area contributed by atoms with Crippen LogP contribution in [0.5, 0.6) is 0 Å². The average Bonchev–Trinajstić information content (AvgIpc) is 2.78. The molecule has 0 fully saturated rings. The summed E-state index contributed by atoms with van der Waals surface area (Å²) in [5, 5.41) is 13.8. The number of hydrogen-bond donors (Lipinski definition) is 1. The second-order valence-electron chi connectivity index (χ2n) is 5.16. The van der Waals surface area contributed by atoms with Gasteiger partial charge in [0.1, 0.15) is 6.07 Å². The number of aromatic nitrogens is 1. The third-order valence-electron chi connectivity index (χ3n) is 4.00. The van der Waals surface area contributed by atoms with Crippen molar-refractivity contribution in [2.75, 3.05) is 5.32 Å². The Morgan fingerprint density at radius 2 is 1.81 bits per heavy atom. The van der Waals surface area contributed by atoms with Gasteiger partial charge in [0.25, 0.3) is 0 Å². The molecule has 0 unspecified atom stereocenters. The summed E-state index contributed by atoms with van der Waals surface area (Å²) in [4.78, 5) is 0. The summed E-state index contributed by atoms with van der Waals surface area (Å²) in [6.07, 6.45) is 0. The van der Waals surface area contributed by atoms with Crippen LogP contribution >= 0.6 is 0 Å². The molecule has 0 aliphatic rings. The molecular weight excluding hydrogens is 258 g/mol. The fourth-order valence-corrected chi connectivity index (χ4v) is 2.80. The van der Waals surface area contributed by atoms with Gasteiger partial charge in [0.05, 0.1) is 17.8 Å². The number of nitriles is 1. The molecule has 0 radical (unpaired) electrons. The first-order valence-electron chi connectivity index (χ1n) is 6.98. The van der Waals surface area contributed by atoms with Crippen LogP contribution in [0.15, 0.2) is 48.5 Å². The van der Waals surface area contributed by atoms with E-state index in [1.54, 1.807) is 0 Å². The van der Waals surface area contributed by atoms with E-state index in [4.69, 9.17) is 5.26 Å². The van der Waals surface area contributed by atoms with E-state index in [1.807, 2.05) is 24.3 Å². The summed E-state index contributed by atoms with van der Waals surface area (Å²) in [5.41, 5.74) is 5.32. The third-order valence-corrected chi connectivity index (χ3v) is 4.00. The largest absolute Gasteiger partial charge is 0.378 e. The van der Waals surface area contributed by atoms with Crippen molar-refractivity contribution in [1.29, 1.82) is 5.26 Å². The van der Waals surface area contributed by atoms with E-state index in [2.05, 4.69) is 54.2 Å². The van der Waals surface area contributed by atoms with Crippen LogP contribution in [0.3, 0.4) is 0 Å². The van der Waals surface area contributed by atoms with Gasteiger partial charge in [-0.1, -0.05) is 30.3 Å². The second-order valence-corrected chi connectivity index (χ2v) is 5.16. The smallest absolute Gasteiger partial charge is 0.101 e. The molecule has 1 N–H and O–H groups in total. The van der Waals surface area contributed by atoms with Gasteiger partial charge in [-0.05, 0) is 30.7 Å². The Bertz CT molecular complexity index is 798. The minimum absolute atomic E-state index is 0.675. The van der Waals surface area contributed by atoms with Crippen LogP contribution in [-0.2, 0) is 13.6 Å². The fraction of sp³-hybridized carbons (Fsp3) is 0.167. The van der Waals surface area contributed by atoms with Crippen LogP contribution in [-0.4, -0.2) is 4.57 Å². The zero-order valence-electron chi connectivity index (χ0n) is 12.2. The monoisotopic (exact) mass is 275 g/mol. The molecular formula is C18H17N3. The van der Waals surface area contributed by atoms with Gasteiger partial charge in [-0.25, -0.2) is 0 Å². The van der Waals surface area contributed by atoms with Gasteiger partial charge in [-0.2, -0.15) is 5.26 Å². The van der Waals surface area contributed by atoms with Gasteiger partial charge >= 0.3 is 0 Å². The lowest BCUT2D eigenvalue weighted by molar-refractivity contribution is 0.862. The number of anilines is 1. The first-order valence-corrected chi connectivity index (χ1v) is 6.98. The molecule has 104 valence electrons. The Balaban J connectivity index is 1.94. The maximum atomic E-state index is 9.14. The van der Waals surface area contributed by atoms with Crippen LogP contribution < -0.4 is 5.32 Å². The molecule has 3 heteroatoms. The second kappa shape index (κ2) is 5.34. The summed E-state index contributed by atoms with van der Waals surface area (Å²) in [6.45, 7) is 2.85. The maximum Gasteiger partial charge on any atom is 0.101 e. The minimum Gasteiger partial charge on any atom is -0.378 e. The minimum atomic E-state index is 0.675. The van der Waals surface area contributed by atoms with Crippen molar-refractivity contribution in [3.63, 3.8) is 0 Å². The molecule has 2 aromatic carbocycles. The number of hydrogen-bond acceptors (Lipinski definition) is 2. The number of aryl methyl sites for hydroxylation is 2. The maximum absolute atomic E-state index is 9.14. The van der Waals surface area contributed by atoms with Gasteiger partial charge in [-0.15, -0.1) is 0 Å². The molecule has 0 bridgehead atoms. The predicted molar refractivity (Wildman–Crippen MR) is 86.1 cm³/mol. The molecule has 0 atom stereocenters. The van der Waals surface area contributed by atoms with Gasteiger partial charge in [0.15, 0.2) is 0 Å². The van der Waals surface area contributed by atoms with Crippen LogP contribution in [0, 0.1) is 18.3 Å². The number of fused-ring (bicyclic) bond motifs is 1. The van der Waals surface area contributed by atoms with Crippen molar-refractivity contribution in [2.24, 2.45) is 7.05 Å². The van der Waals surface area contributed by atoms with E-state index in [9.17, 15) is 0 Å². The lowest BCUT2D eigenvalue weighted by Gasteiger charge is -2.10. The molecule has 3 aromatic rings. The third kappa shape index (κ3) is 2.25. The quantitative estimate of drug-likeness (QED) is 0.785. The molecule has 3 nitrogen and oxygen atoms in total. The van der Waals surface area contributed by atoms with E-state index in [-0.39, 0.29) is 0 Å². The molecule has 3 rings (SSSR count). The lowest BCUT2D eigenvalue weighted by Crippen LogP contribution is -2.06. The summed E-state index contributed by atoms with van der Waals surface area (Å²) in [5.74, 6) is 0. The van der Waals surface area contributed by atoms with Crippen molar-refractivity contribution in [3.05, 3.63) is 65.4 Å². The standard InChI is InChI=1S/C18H17N3/c1-13-15-8-4-6-10-17(15)21(2)18(13)12-20-16-9-5-3-7-14(16)11-19/h3-10,20H,12H2,1-2H3. The highest BCUT2D eigenvalue weighted by Crippen LogP contribution is 2.25. The number of nitrogens with one attached hydrogen (secondary N) is 1. The normalized spacial score (nSPS) is 10.5. The molecule has 0 aliphatic carbocycles. The SMILES string of the molecule is Cc1c(CNc2ccccc2C#N)n(C)c2ccccc12. The van der Waals surface area contributed by atoms with Gasteiger partial charge in [-0.3, -0.25) is 0 Å². The van der Waals surface area contributed by atoms with Crippen LogP contribution in [0.25, 0.3) is 10.9 Å². The van der Waals surface area contributed by atoms with E-state index in [0.717, 1.165) is 5.69 Å². The Labute approximate surface area is 124 Å². The summed E-state index contributed by atoms with van der Waals surface area (Å²) in [7, 11) is 2.09. The molecule has 21 heavy (non-hydrogen) atoms. The Hall–Kier alpha value is -2.73. The van der Waals surface area contributed by atoms with Gasteiger partial charge < -0.3 is 9.88 Å². The van der Waals surface area contributed by atoms with Crippen molar-refractivity contribution >= 4 is 16.6 Å². The number of para-hydroxylation sites is 2. The van der Waals surface area contributed by atoms with Crippen molar-refractivity contribution in [3.8, 4) is 6.07 Å². The van der Waals surface area contributed by atoms with Gasteiger partial charge in [0.2, 0.25) is 0 Å². The van der Waals surface area contributed by atoms with Crippen LogP contribution in [0.2, 0.25) is 0 Å². The number of benzene rings is 2. The summed E-state index contributed by atoms with van der Waals surface area (Å²) < 4.78 is 2.21. The zero-order valence-corrected chi connectivity index (χ0v) is 12.2. The van der Waals surface area contributed by atoms with Crippen LogP contribution in [0.4, 0.5) is 5.69 Å². The average molecular weight is 275 g/mol. The molecule has 1 heterocycles. The topological polar surface area (TPSA) is 40.8 Å². The van der Waals surface area contributed by atoms with E-state index in [0.29, 0.717) is 12.1 Å². The molecule has 0 saturated heterocycles.